The third-order valence-electron chi connectivity index (χ3n) is 6.89. The number of amides is 1. The second-order valence-corrected chi connectivity index (χ2v) is 10.9. The number of fused-ring (bicyclic) bond motifs is 2. The van der Waals surface area contributed by atoms with E-state index in [0.717, 1.165) is 39.3 Å². The molecular weight excluding hydrogens is 454 g/mol. The Morgan fingerprint density at radius 2 is 1.81 bits per heavy atom. The lowest BCUT2D eigenvalue weighted by Crippen LogP contribution is -2.50. The lowest BCUT2D eigenvalue weighted by molar-refractivity contribution is 0.0240. The average Bonchev–Trinajstić information content (AvgIpc) is 3.44. The van der Waals surface area contributed by atoms with Gasteiger partial charge in [-0.1, -0.05) is 13.8 Å². The van der Waals surface area contributed by atoms with Gasteiger partial charge in [0.05, 0.1) is 16.7 Å². The van der Waals surface area contributed by atoms with E-state index in [0.29, 0.717) is 26.2 Å². The molecule has 0 bridgehead atoms. The van der Waals surface area contributed by atoms with Crippen LogP contribution in [0.1, 0.15) is 57.2 Å². The normalized spacial score (nSPS) is 14.9. The van der Waals surface area contributed by atoms with Gasteiger partial charge in [-0.2, -0.15) is 5.10 Å². The van der Waals surface area contributed by atoms with Crippen molar-refractivity contribution >= 4 is 28.6 Å². The second-order valence-electron chi connectivity index (χ2n) is 10.9. The van der Waals surface area contributed by atoms with Crippen LogP contribution in [0.2, 0.25) is 0 Å². The van der Waals surface area contributed by atoms with Gasteiger partial charge in [0.25, 0.3) is 0 Å². The zero-order valence-corrected chi connectivity index (χ0v) is 22.2. The SMILES string of the molecule is Cc1c(-c2[nH]c3ccc(N4CCN(C(=O)OC(C)(C)C)CC4)nc3c2C(C)C)cn2ncnc2c1C. The molecule has 5 rings (SSSR count). The average molecular weight is 490 g/mol. The maximum absolute atomic E-state index is 12.5. The van der Waals surface area contributed by atoms with Crippen molar-refractivity contribution in [2.75, 3.05) is 31.1 Å². The molecule has 1 amide bonds. The Morgan fingerprint density at radius 3 is 2.47 bits per heavy atom. The number of aromatic amines is 1. The van der Waals surface area contributed by atoms with E-state index in [-0.39, 0.29) is 12.0 Å². The van der Waals surface area contributed by atoms with Gasteiger partial charge in [-0.3, -0.25) is 0 Å². The molecule has 0 atom stereocenters. The van der Waals surface area contributed by atoms with Gasteiger partial charge in [-0.15, -0.1) is 0 Å². The van der Waals surface area contributed by atoms with Crippen LogP contribution >= 0.6 is 0 Å². The first kappa shape index (κ1) is 24.1. The van der Waals surface area contributed by atoms with Crippen LogP contribution in [-0.4, -0.2) is 67.3 Å². The molecule has 9 heteroatoms. The molecule has 0 spiro atoms. The molecule has 0 aromatic carbocycles. The minimum atomic E-state index is -0.491. The van der Waals surface area contributed by atoms with E-state index >= 15 is 0 Å². The van der Waals surface area contributed by atoms with Gasteiger partial charge in [-0.05, 0) is 63.8 Å². The van der Waals surface area contributed by atoms with E-state index in [4.69, 9.17) is 9.72 Å². The summed E-state index contributed by atoms with van der Waals surface area (Å²) in [6.07, 6.45) is 3.40. The van der Waals surface area contributed by atoms with Crippen LogP contribution < -0.4 is 4.90 Å². The first-order valence-corrected chi connectivity index (χ1v) is 12.6. The fourth-order valence-corrected chi connectivity index (χ4v) is 4.92. The van der Waals surface area contributed by atoms with Crippen molar-refractivity contribution in [1.29, 1.82) is 0 Å². The molecule has 0 unspecified atom stereocenters. The highest BCUT2D eigenvalue weighted by Gasteiger charge is 2.27. The topological polar surface area (TPSA) is 91.7 Å². The Hall–Kier alpha value is -3.62. The molecule has 36 heavy (non-hydrogen) atoms. The molecule has 0 aliphatic carbocycles. The molecular formula is C27H35N7O2. The Labute approximate surface area is 211 Å². The van der Waals surface area contributed by atoms with E-state index in [9.17, 15) is 4.79 Å². The van der Waals surface area contributed by atoms with Gasteiger partial charge in [0.2, 0.25) is 0 Å². The summed E-state index contributed by atoms with van der Waals surface area (Å²) in [5.74, 6) is 1.20. The van der Waals surface area contributed by atoms with Crippen LogP contribution in [0.3, 0.4) is 0 Å². The number of carbonyl (C=O) groups excluding carboxylic acids is 1. The summed E-state index contributed by atoms with van der Waals surface area (Å²) in [7, 11) is 0. The van der Waals surface area contributed by atoms with Gasteiger partial charge in [-0.25, -0.2) is 19.3 Å². The number of ether oxygens (including phenoxy) is 1. The first-order valence-electron chi connectivity index (χ1n) is 12.6. The highest BCUT2D eigenvalue weighted by molar-refractivity contribution is 5.90. The molecule has 0 saturated carbocycles. The van der Waals surface area contributed by atoms with Gasteiger partial charge in [0.1, 0.15) is 17.7 Å². The fourth-order valence-electron chi connectivity index (χ4n) is 4.92. The van der Waals surface area contributed by atoms with Gasteiger partial charge in [0.15, 0.2) is 5.65 Å². The monoisotopic (exact) mass is 489 g/mol. The van der Waals surface area contributed by atoms with Crippen LogP contribution in [0.25, 0.3) is 27.9 Å². The van der Waals surface area contributed by atoms with Crippen LogP contribution in [0.15, 0.2) is 24.7 Å². The summed E-state index contributed by atoms with van der Waals surface area (Å²) in [6.45, 7) is 17.0. The Morgan fingerprint density at radius 1 is 1.08 bits per heavy atom. The number of carbonyl (C=O) groups is 1. The minimum Gasteiger partial charge on any atom is -0.444 e. The van der Waals surface area contributed by atoms with Crippen LogP contribution in [0.4, 0.5) is 10.6 Å². The number of nitrogens with one attached hydrogen (secondary N) is 1. The van der Waals surface area contributed by atoms with Crippen molar-refractivity contribution < 1.29 is 9.53 Å². The zero-order chi connectivity index (χ0) is 25.8. The molecule has 190 valence electrons. The third kappa shape index (κ3) is 4.27. The second kappa shape index (κ2) is 8.80. The molecule has 0 radical (unpaired) electrons. The van der Waals surface area contributed by atoms with Crippen molar-refractivity contribution in [2.45, 2.75) is 60.0 Å². The van der Waals surface area contributed by atoms with Crippen molar-refractivity contribution in [3.05, 3.63) is 41.3 Å². The summed E-state index contributed by atoms with van der Waals surface area (Å²) < 4.78 is 7.38. The number of anilines is 1. The van der Waals surface area contributed by atoms with Crippen LogP contribution in [0, 0.1) is 13.8 Å². The molecule has 1 saturated heterocycles. The number of nitrogens with zero attached hydrogens (tertiary/aromatic N) is 6. The van der Waals surface area contributed by atoms with E-state index in [1.54, 1.807) is 11.2 Å². The first-order chi connectivity index (χ1) is 17.0. The van der Waals surface area contributed by atoms with Crippen molar-refractivity contribution in [3.8, 4) is 11.3 Å². The third-order valence-corrected chi connectivity index (χ3v) is 6.89. The lowest BCUT2D eigenvalue weighted by Gasteiger charge is -2.36. The number of hydrogen-bond acceptors (Lipinski definition) is 6. The number of hydrogen-bond donors (Lipinski definition) is 1. The predicted molar refractivity (Wildman–Crippen MR) is 142 cm³/mol. The van der Waals surface area contributed by atoms with E-state index in [1.165, 1.54) is 11.1 Å². The maximum atomic E-state index is 12.5. The summed E-state index contributed by atoms with van der Waals surface area (Å²) in [5.41, 5.74) is 8.08. The summed E-state index contributed by atoms with van der Waals surface area (Å²) in [4.78, 5) is 29.7. The summed E-state index contributed by atoms with van der Waals surface area (Å²) >= 11 is 0. The van der Waals surface area contributed by atoms with Crippen molar-refractivity contribution in [2.24, 2.45) is 0 Å². The number of aromatic nitrogens is 5. The summed E-state index contributed by atoms with van der Waals surface area (Å²) in [6, 6.07) is 4.18. The lowest BCUT2D eigenvalue weighted by atomic mass is 9.95. The molecule has 5 heterocycles. The van der Waals surface area contributed by atoms with Crippen LogP contribution in [0.5, 0.6) is 0 Å². The molecule has 1 N–H and O–H groups in total. The molecule has 4 aromatic rings. The molecule has 4 aromatic heterocycles. The van der Waals surface area contributed by atoms with Gasteiger partial charge >= 0.3 is 6.09 Å². The van der Waals surface area contributed by atoms with Crippen LogP contribution in [-0.2, 0) is 4.74 Å². The largest absolute Gasteiger partial charge is 0.444 e. The number of pyridine rings is 2. The number of H-pyrrole nitrogens is 1. The molecule has 9 nitrogen and oxygen atoms in total. The number of piperazine rings is 1. The Balaban J connectivity index is 1.47. The molecule has 1 fully saturated rings. The Kier molecular flexibility index (Phi) is 5.89. The van der Waals surface area contributed by atoms with Crippen molar-refractivity contribution in [3.63, 3.8) is 0 Å². The maximum Gasteiger partial charge on any atom is 0.410 e. The quantitative estimate of drug-likeness (QED) is 0.432. The van der Waals surface area contributed by atoms with Crippen molar-refractivity contribution in [1.82, 2.24) is 29.5 Å². The van der Waals surface area contributed by atoms with E-state index < -0.39 is 5.60 Å². The smallest absolute Gasteiger partial charge is 0.410 e. The molecule has 1 aliphatic rings. The van der Waals surface area contributed by atoms with Gasteiger partial charge in [0, 0.05) is 43.5 Å². The van der Waals surface area contributed by atoms with Gasteiger partial charge < -0.3 is 19.5 Å². The zero-order valence-electron chi connectivity index (χ0n) is 22.2. The highest BCUT2D eigenvalue weighted by atomic mass is 16.6. The fraction of sp³-hybridized carbons (Fsp3) is 0.481. The number of aryl methyl sites for hydroxylation is 1. The summed E-state index contributed by atoms with van der Waals surface area (Å²) in [5, 5.41) is 4.38. The highest BCUT2D eigenvalue weighted by Crippen LogP contribution is 2.38. The predicted octanol–water partition coefficient (Wildman–Crippen LogP) is 5.07. The standard InChI is InChI=1S/C27H35N7O2/c1-16(2)22-23(19-14-34-25(28-15-29-34)18(4)17(19)3)30-20-8-9-21(31-24(20)22)32-10-12-33(13-11-32)26(35)36-27(5,6)7/h8-9,14-16,30H,10-13H2,1-7H3. The minimum absolute atomic E-state index is 0.252. The number of rotatable bonds is 3. The Bertz CT molecular complexity index is 1440. The molecule has 1 aliphatic heterocycles. The van der Waals surface area contributed by atoms with E-state index in [2.05, 4.69) is 66.0 Å². The van der Waals surface area contributed by atoms with E-state index in [1.807, 2.05) is 25.3 Å².